The zero-order valence-corrected chi connectivity index (χ0v) is 17.7. The van der Waals surface area contributed by atoms with Gasteiger partial charge in [-0.2, -0.15) is 0 Å². The number of nitrogens with zero attached hydrogens (tertiary/aromatic N) is 3. The van der Waals surface area contributed by atoms with Gasteiger partial charge in [0.2, 0.25) is 0 Å². The zero-order valence-electron chi connectivity index (χ0n) is 17.7. The lowest BCUT2D eigenvalue weighted by Crippen LogP contribution is -2.41. The second-order valence-electron chi connectivity index (χ2n) is 7.90. The number of benzene rings is 1. The van der Waals surface area contributed by atoms with Crippen LogP contribution in [0.25, 0.3) is 0 Å². The summed E-state index contributed by atoms with van der Waals surface area (Å²) in [6, 6.07) is 9.54. The minimum Gasteiger partial charge on any atom is -0.364 e. The van der Waals surface area contributed by atoms with Crippen LogP contribution in [0.1, 0.15) is 45.1 Å². The molecule has 1 aromatic rings. The maximum absolute atomic E-state index is 4.77. The van der Waals surface area contributed by atoms with E-state index in [4.69, 9.17) is 4.99 Å². The predicted octanol–water partition coefficient (Wildman–Crippen LogP) is 3.38. The van der Waals surface area contributed by atoms with Crippen molar-refractivity contribution in [2.75, 3.05) is 44.2 Å². The molecule has 2 N–H and O–H groups in total. The smallest absolute Gasteiger partial charge is 0.191 e. The molecule has 1 atom stereocenters. The van der Waals surface area contributed by atoms with Gasteiger partial charge in [-0.1, -0.05) is 30.7 Å². The van der Waals surface area contributed by atoms with Gasteiger partial charge in [-0.3, -0.25) is 0 Å². The van der Waals surface area contributed by atoms with Crippen molar-refractivity contribution in [2.24, 2.45) is 4.99 Å². The van der Waals surface area contributed by atoms with E-state index in [2.05, 4.69) is 70.7 Å². The molecular weight excluding hydrogens is 346 g/mol. The second kappa shape index (κ2) is 11.1. The highest BCUT2D eigenvalue weighted by molar-refractivity contribution is 5.79. The predicted molar refractivity (Wildman–Crippen MR) is 120 cm³/mol. The van der Waals surface area contributed by atoms with Crippen LogP contribution in [-0.4, -0.2) is 56.2 Å². The summed E-state index contributed by atoms with van der Waals surface area (Å²) in [5, 5.41) is 6.86. The van der Waals surface area contributed by atoms with Crippen molar-refractivity contribution < 1.29 is 0 Å². The molecule has 1 unspecified atom stereocenters. The molecule has 2 heterocycles. The Morgan fingerprint density at radius 2 is 1.89 bits per heavy atom. The van der Waals surface area contributed by atoms with Crippen molar-refractivity contribution in [1.29, 1.82) is 0 Å². The van der Waals surface area contributed by atoms with Gasteiger partial charge in [-0.15, -0.1) is 0 Å². The normalized spacial score (nSPS) is 20.6. The Morgan fingerprint density at radius 3 is 2.61 bits per heavy atom. The summed E-state index contributed by atoms with van der Waals surface area (Å²) in [5.74, 6) is 0.919. The van der Waals surface area contributed by atoms with Gasteiger partial charge in [0, 0.05) is 44.5 Å². The van der Waals surface area contributed by atoms with Crippen molar-refractivity contribution in [2.45, 2.75) is 52.1 Å². The molecule has 3 rings (SSSR count). The Labute approximate surface area is 170 Å². The summed E-state index contributed by atoms with van der Waals surface area (Å²) in [6.07, 6.45) is 9.70. The highest BCUT2D eigenvalue weighted by atomic mass is 15.2. The molecule has 0 radical (unpaired) electrons. The molecule has 2 aliphatic rings. The van der Waals surface area contributed by atoms with Gasteiger partial charge < -0.3 is 20.4 Å². The summed E-state index contributed by atoms with van der Waals surface area (Å²) in [6.45, 7) is 11.5. The lowest BCUT2D eigenvalue weighted by molar-refractivity contribution is 0.159. The fraction of sp³-hybridized carbons (Fsp3) is 0.609. The maximum atomic E-state index is 4.77. The molecular formula is C23H37N5. The quantitative estimate of drug-likeness (QED) is 0.313. The van der Waals surface area contributed by atoms with E-state index in [1.165, 1.54) is 43.6 Å². The highest BCUT2D eigenvalue weighted by Crippen LogP contribution is 2.18. The lowest BCUT2D eigenvalue weighted by atomic mass is 10.0. The summed E-state index contributed by atoms with van der Waals surface area (Å²) in [5.41, 5.74) is 2.53. The number of guanidine groups is 1. The van der Waals surface area contributed by atoms with Gasteiger partial charge in [-0.05, 0) is 57.4 Å². The molecule has 0 saturated carbocycles. The average Bonchev–Trinajstić information content (AvgIpc) is 3.26. The Hall–Kier alpha value is -2.01. The third-order valence-corrected chi connectivity index (χ3v) is 5.74. The maximum Gasteiger partial charge on any atom is 0.191 e. The standard InChI is InChI=1S/C23H37N5/c1-3-24-23(25-14-8-18-27-15-5-4-9-20(27)2)26-19-21-10-12-22(13-11-21)28-16-6-7-17-28/h6-7,10-13,20H,3-5,8-9,14-19H2,1-2H3,(H2,24,25,26). The monoisotopic (exact) mass is 383 g/mol. The minimum absolute atomic E-state index is 0.705. The van der Waals surface area contributed by atoms with Crippen LogP contribution in [0.2, 0.25) is 0 Å². The van der Waals surface area contributed by atoms with Gasteiger partial charge >= 0.3 is 0 Å². The van der Waals surface area contributed by atoms with Crippen LogP contribution >= 0.6 is 0 Å². The van der Waals surface area contributed by atoms with E-state index < -0.39 is 0 Å². The molecule has 0 amide bonds. The Bertz CT molecular complexity index is 629. The van der Waals surface area contributed by atoms with E-state index in [9.17, 15) is 0 Å². The number of anilines is 1. The number of hydrogen-bond donors (Lipinski definition) is 2. The van der Waals surface area contributed by atoms with Crippen LogP contribution in [-0.2, 0) is 6.54 Å². The van der Waals surface area contributed by atoms with Crippen LogP contribution in [0.15, 0.2) is 41.4 Å². The van der Waals surface area contributed by atoms with E-state index in [-0.39, 0.29) is 0 Å². The number of aliphatic imine (C=N–C) groups is 1. The summed E-state index contributed by atoms with van der Waals surface area (Å²) in [7, 11) is 0. The van der Waals surface area contributed by atoms with Gasteiger partial charge in [0.1, 0.15) is 0 Å². The molecule has 0 spiro atoms. The summed E-state index contributed by atoms with van der Waals surface area (Å²) >= 11 is 0. The third-order valence-electron chi connectivity index (χ3n) is 5.74. The lowest BCUT2D eigenvalue weighted by Gasteiger charge is -2.33. The average molecular weight is 384 g/mol. The largest absolute Gasteiger partial charge is 0.364 e. The molecule has 1 aromatic carbocycles. The first-order chi connectivity index (χ1) is 13.8. The van der Waals surface area contributed by atoms with Crippen LogP contribution in [0.5, 0.6) is 0 Å². The van der Waals surface area contributed by atoms with Crippen LogP contribution < -0.4 is 15.5 Å². The third kappa shape index (κ3) is 6.26. The van der Waals surface area contributed by atoms with E-state index in [1.807, 2.05) is 0 Å². The van der Waals surface area contributed by atoms with Crippen LogP contribution in [0, 0.1) is 0 Å². The molecule has 0 aromatic heterocycles. The second-order valence-corrected chi connectivity index (χ2v) is 7.90. The highest BCUT2D eigenvalue weighted by Gasteiger charge is 2.17. The minimum atomic E-state index is 0.705. The molecule has 0 aliphatic carbocycles. The Balaban J connectivity index is 1.42. The van der Waals surface area contributed by atoms with Crippen molar-refractivity contribution >= 4 is 11.6 Å². The zero-order chi connectivity index (χ0) is 19.6. The Morgan fingerprint density at radius 1 is 1.11 bits per heavy atom. The van der Waals surface area contributed by atoms with Crippen molar-refractivity contribution in [3.63, 3.8) is 0 Å². The molecule has 1 saturated heterocycles. The first-order valence-corrected chi connectivity index (χ1v) is 11.0. The number of hydrogen-bond acceptors (Lipinski definition) is 3. The van der Waals surface area contributed by atoms with Gasteiger partial charge in [0.25, 0.3) is 0 Å². The first kappa shape index (κ1) is 20.7. The van der Waals surface area contributed by atoms with Crippen molar-refractivity contribution in [3.8, 4) is 0 Å². The van der Waals surface area contributed by atoms with E-state index >= 15 is 0 Å². The fourth-order valence-electron chi connectivity index (χ4n) is 3.99. The van der Waals surface area contributed by atoms with E-state index in [1.54, 1.807) is 0 Å². The molecule has 2 aliphatic heterocycles. The van der Waals surface area contributed by atoms with E-state index in [0.717, 1.165) is 44.6 Å². The molecule has 0 bridgehead atoms. The number of rotatable bonds is 8. The molecule has 5 nitrogen and oxygen atoms in total. The molecule has 1 fully saturated rings. The van der Waals surface area contributed by atoms with Gasteiger partial charge in [-0.25, -0.2) is 4.99 Å². The topological polar surface area (TPSA) is 42.9 Å². The summed E-state index contributed by atoms with van der Waals surface area (Å²) in [4.78, 5) is 9.76. The van der Waals surface area contributed by atoms with Crippen LogP contribution in [0.3, 0.4) is 0 Å². The number of likely N-dealkylation sites (tertiary alicyclic amines) is 1. The molecule has 154 valence electrons. The van der Waals surface area contributed by atoms with Crippen LogP contribution in [0.4, 0.5) is 5.69 Å². The van der Waals surface area contributed by atoms with Crippen molar-refractivity contribution in [1.82, 2.24) is 15.5 Å². The van der Waals surface area contributed by atoms with Gasteiger partial charge in [0.15, 0.2) is 5.96 Å². The summed E-state index contributed by atoms with van der Waals surface area (Å²) < 4.78 is 0. The number of nitrogens with one attached hydrogen (secondary N) is 2. The first-order valence-electron chi connectivity index (χ1n) is 11.0. The number of piperidine rings is 1. The Kier molecular flexibility index (Phi) is 8.22. The molecule has 28 heavy (non-hydrogen) atoms. The van der Waals surface area contributed by atoms with Crippen molar-refractivity contribution in [3.05, 3.63) is 42.0 Å². The molecule has 5 heteroatoms. The SMILES string of the molecule is CCNC(=NCc1ccc(N2CC=CC2)cc1)NCCCN1CCCCC1C. The van der Waals surface area contributed by atoms with E-state index in [0.29, 0.717) is 6.54 Å². The fourth-order valence-corrected chi connectivity index (χ4v) is 3.99. The van der Waals surface area contributed by atoms with Gasteiger partial charge in [0.05, 0.1) is 6.54 Å².